The molecule has 0 spiro atoms. The van der Waals surface area contributed by atoms with E-state index < -0.39 is 0 Å². The first-order chi connectivity index (χ1) is 11.7. The largest absolute Gasteiger partial charge is 0.380 e. The predicted octanol–water partition coefficient (Wildman–Crippen LogP) is 2.27. The average molecular weight is 326 g/mol. The maximum atomic E-state index is 12.0. The number of benzene rings is 2. The molecule has 0 saturated heterocycles. The lowest BCUT2D eigenvalue weighted by atomic mass is 10.1. The molecule has 0 unspecified atom stereocenters. The van der Waals surface area contributed by atoms with Gasteiger partial charge in [-0.2, -0.15) is 0 Å². The molecule has 0 radical (unpaired) electrons. The molecule has 2 amide bonds. The monoisotopic (exact) mass is 326 g/mol. The van der Waals surface area contributed by atoms with E-state index in [2.05, 4.69) is 10.6 Å². The Hall–Kier alpha value is -2.66. The van der Waals surface area contributed by atoms with Crippen molar-refractivity contribution in [3.8, 4) is 0 Å². The normalized spacial score (nSPS) is 10.2. The Morgan fingerprint density at radius 1 is 0.917 bits per heavy atom. The highest BCUT2D eigenvalue weighted by molar-refractivity contribution is 5.94. The highest BCUT2D eigenvalue weighted by Gasteiger charge is 2.06. The number of hydrogen-bond acceptors (Lipinski definition) is 3. The molecule has 2 rings (SSSR count). The molecule has 0 aliphatic heterocycles. The number of carbonyl (C=O) groups is 2. The summed E-state index contributed by atoms with van der Waals surface area (Å²) in [5, 5.41) is 5.58. The Morgan fingerprint density at radius 2 is 1.62 bits per heavy atom. The zero-order valence-corrected chi connectivity index (χ0v) is 13.7. The van der Waals surface area contributed by atoms with Crippen LogP contribution in [0, 0.1) is 0 Å². The van der Waals surface area contributed by atoms with Gasteiger partial charge in [0.15, 0.2) is 0 Å². The van der Waals surface area contributed by atoms with E-state index in [9.17, 15) is 9.59 Å². The molecule has 2 aromatic rings. The molecule has 2 N–H and O–H groups in total. The quantitative estimate of drug-likeness (QED) is 0.782. The molecule has 5 heteroatoms. The van der Waals surface area contributed by atoms with Gasteiger partial charge in [-0.15, -0.1) is 0 Å². The van der Waals surface area contributed by atoms with Crippen LogP contribution in [0.4, 0.5) is 0 Å². The lowest BCUT2D eigenvalue weighted by molar-refractivity contribution is -0.121. The first-order valence-electron chi connectivity index (χ1n) is 7.85. The van der Waals surface area contributed by atoms with Crippen LogP contribution in [0.5, 0.6) is 0 Å². The van der Waals surface area contributed by atoms with Gasteiger partial charge in [0.25, 0.3) is 5.91 Å². The van der Waals surface area contributed by atoms with Crippen molar-refractivity contribution < 1.29 is 14.3 Å². The Morgan fingerprint density at radius 3 is 2.29 bits per heavy atom. The molecule has 2 aromatic carbocycles. The Bertz CT molecular complexity index is 654. The number of ether oxygens (including phenoxy) is 1. The predicted molar refractivity (Wildman–Crippen MR) is 92.4 cm³/mol. The fourth-order valence-corrected chi connectivity index (χ4v) is 2.20. The molecule has 0 aliphatic carbocycles. The molecule has 0 aliphatic rings. The van der Waals surface area contributed by atoms with Crippen LogP contribution in [0.2, 0.25) is 0 Å². The summed E-state index contributed by atoms with van der Waals surface area (Å²) in [6.45, 7) is 1.32. The highest BCUT2D eigenvalue weighted by atomic mass is 16.5. The van der Waals surface area contributed by atoms with Gasteiger partial charge in [0.05, 0.1) is 6.61 Å². The van der Waals surface area contributed by atoms with Gasteiger partial charge in [-0.05, 0) is 23.3 Å². The molecule has 0 saturated carbocycles. The Kier molecular flexibility index (Phi) is 6.98. The Labute approximate surface area is 142 Å². The zero-order chi connectivity index (χ0) is 17.2. The average Bonchev–Trinajstić information content (AvgIpc) is 2.61. The maximum Gasteiger partial charge on any atom is 0.251 e. The smallest absolute Gasteiger partial charge is 0.251 e. The van der Waals surface area contributed by atoms with Gasteiger partial charge in [0, 0.05) is 32.2 Å². The summed E-state index contributed by atoms with van der Waals surface area (Å²) in [5.41, 5.74) is 2.62. The van der Waals surface area contributed by atoms with E-state index in [1.165, 1.54) is 0 Å². The second-order valence-corrected chi connectivity index (χ2v) is 5.40. The first kappa shape index (κ1) is 17.7. The van der Waals surface area contributed by atoms with Crippen molar-refractivity contribution in [3.63, 3.8) is 0 Å². The molecule has 5 nitrogen and oxygen atoms in total. The number of rotatable bonds is 8. The zero-order valence-electron chi connectivity index (χ0n) is 13.7. The molecule has 0 heterocycles. The molecule has 126 valence electrons. The van der Waals surface area contributed by atoms with Gasteiger partial charge < -0.3 is 15.4 Å². The summed E-state index contributed by atoms with van der Waals surface area (Å²) in [7, 11) is 1.63. The second kappa shape index (κ2) is 9.47. The van der Waals surface area contributed by atoms with Crippen LogP contribution in [-0.4, -0.2) is 25.5 Å². The SMILES string of the molecule is COCc1ccc(C(=O)NCCC(=O)NCc2ccccc2)cc1. The van der Waals surface area contributed by atoms with Crippen LogP contribution in [0.25, 0.3) is 0 Å². The second-order valence-electron chi connectivity index (χ2n) is 5.40. The fraction of sp³-hybridized carbons (Fsp3) is 0.263. The van der Waals surface area contributed by atoms with E-state index in [0.717, 1.165) is 11.1 Å². The van der Waals surface area contributed by atoms with Crippen molar-refractivity contribution >= 4 is 11.8 Å². The van der Waals surface area contributed by atoms with Crippen molar-refractivity contribution in [2.45, 2.75) is 19.6 Å². The van der Waals surface area contributed by atoms with Crippen molar-refractivity contribution in [2.75, 3.05) is 13.7 Å². The summed E-state index contributed by atoms with van der Waals surface area (Å²) in [5.74, 6) is -0.274. The molecule has 0 bridgehead atoms. The third-order valence-corrected chi connectivity index (χ3v) is 3.50. The molecular formula is C19H22N2O3. The topological polar surface area (TPSA) is 67.4 Å². The minimum atomic E-state index is -0.185. The van der Waals surface area contributed by atoms with Crippen LogP contribution >= 0.6 is 0 Å². The fourth-order valence-electron chi connectivity index (χ4n) is 2.20. The minimum Gasteiger partial charge on any atom is -0.380 e. The van der Waals surface area contributed by atoms with E-state index in [4.69, 9.17) is 4.74 Å². The number of nitrogens with one attached hydrogen (secondary N) is 2. The van der Waals surface area contributed by atoms with Gasteiger partial charge in [-0.1, -0.05) is 42.5 Å². The lowest BCUT2D eigenvalue weighted by Crippen LogP contribution is -2.30. The number of hydrogen-bond donors (Lipinski definition) is 2. The van der Waals surface area contributed by atoms with E-state index in [-0.39, 0.29) is 18.2 Å². The van der Waals surface area contributed by atoms with Crippen LogP contribution < -0.4 is 10.6 Å². The van der Waals surface area contributed by atoms with E-state index >= 15 is 0 Å². The van der Waals surface area contributed by atoms with Crippen LogP contribution in [0.1, 0.15) is 27.9 Å². The van der Waals surface area contributed by atoms with Crippen LogP contribution in [0.3, 0.4) is 0 Å². The molecular weight excluding hydrogens is 304 g/mol. The standard InChI is InChI=1S/C19H22N2O3/c1-24-14-16-7-9-17(10-8-16)19(23)20-12-11-18(22)21-13-15-5-3-2-4-6-15/h2-10H,11-14H2,1H3,(H,20,23)(H,21,22). The van der Waals surface area contributed by atoms with Gasteiger partial charge in [-0.3, -0.25) is 9.59 Å². The minimum absolute atomic E-state index is 0.0883. The molecule has 0 aromatic heterocycles. The summed E-state index contributed by atoms with van der Waals surface area (Å²) < 4.78 is 5.03. The number of amides is 2. The summed E-state index contributed by atoms with van der Waals surface area (Å²) >= 11 is 0. The molecule has 0 fully saturated rings. The van der Waals surface area contributed by atoms with Crippen molar-refractivity contribution in [1.29, 1.82) is 0 Å². The molecule has 0 atom stereocenters. The highest BCUT2D eigenvalue weighted by Crippen LogP contribution is 2.05. The summed E-state index contributed by atoms with van der Waals surface area (Å²) in [6, 6.07) is 16.9. The van der Waals surface area contributed by atoms with Gasteiger partial charge in [-0.25, -0.2) is 0 Å². The summed E-state index contributed by atoms with van der Waals surface area (Å²) in [4.78, 5) is 23.8. The van der Waals surface area contributed by atoms with Crippen molar-refractivity contribution in [1.82, 2.24) is 10.6 Å². The van der Waals surface area contributed by atoms with Gasteiger partial charge >= 0.3 is 0 Å². The lowest BCUT2D eigenvalue weighted by Gasteiger charge is -2.07. The summed E-state index contributed by atoms with van der Waals surface area (Å²) in [6.07, 6.45) is 0.250. The van der Waals surface area contributed by atoms with Crippen molar-refractivity contribution in [2.24, 2.45) is 0 Å². The number of carbonyl (C=O) groups excluding carboxylic acids is 2. The van der Waals surface area contributed by atoms with Gasteiger partial charge in [0.2, 0.25) is 5.91 Å². The van der Waals surface area contributed by atoms with Crippen LogP contribution in [0.15, 0.2) is 54.6 Å². The third kappa shape index (κ3) is 5.85. The first-order valence-corrected chi connectivity index (χ1v) is 7.85. The Balaban J connectivity index is 1.69. The van der Waals surface area contributed by atoms with E-state index in [1.807, 2.05) is 42.5 Å². The van der Waals surface area contributed by atoms with Crippen LogP contribution in [-0.2, 0) is 22.7 Å². The number of methoxy groups -OCH3 is 1. The van der Waals surface area contributed by atoms with E-state index in [1.54, 1.807) is 19.2 Å². The maximum absolute atomic E-state index is 12.0. The third-order valence-electron chi connectivity index (χ3n) is 3.50. The molecule has 24 heavy (non-hydrogen) atoms. The van der Waals surface area contributed by atoms with E-state index in [0.29, 0.717) is 25.3 Å². The van der Waals surface area contributed by atoms with Gasteiger partial charge in [0.1, 0.15) is 0 Å². The van der Waals surface area contributed by atoms with Crippen molar-refractivity contribution in [3.05, 3.63) is 71.3 Å².